The molecule has 0 bridgehead atoms. The molecule has 1 amide bonds. The van der Waals surface area contributed by atoms with E-state index in [1.165, 1.54) is 12.1 Å². The molecule has 29 heavy (non-hydrogen) atoms. The minimum absolute atomic E-state index is 0.123. The Labute approximate surface area is 166 Å². The van der Waals surface area contributed by atoms with Gasteiger partial charge in [-0.3, -0.25) is 4.79 Å². The second-order valence-electron chi connectivity index (χ2n) is 6.45. The van der Waals surface area contributed by atoms with E-state index >= 15 is 0 Å². The van der Waals surface area contributed by atoms with Crippen LogP contribution in [0.2, 0.25) is 0 Å². The molecule has 0 saturated heterocycles. The molecule has 0 aliphatic heterocycles. The Hall–Kier alpha value is -3.03. The predicted octanol–water partition coefficient (Wildman–Crippen LogP) is 4.78. The Morgan fingerprint density at radius 1 is 1.07 bits per heavy atom. The van der Waals surface area contributed by atoms with Crippen LogP contribution in [0.4, 0.5) is 18.9 Å². The average molecular weight is 409 g/mol. The van der Waals surface area contributed by atoms with Gasteiger partial charge in [-0.05, 0) is 48.2 Å². The first-order chi connectivity index (χ1) is 13.7. The molecule has 0 spiro atoms. The Morgan fingerprint density at radius 2 is 1.76 bits per heavy atom. The normalized spacial score (nSPS) is 12.2. The summed E-state index contributed by atoms with van der Waals surface area (Å²) in [5.74, 6) is -1.11. The third-order valence-electron chi connectivity index (χ3n) is 4.26. The van der Waals surface area contributed by atoms with Gasteiger partial charge in [0.25, 0.3) is 5.91 Å². The van der Waals surface area contributed by atoms with Gasteiger partial charge in [-0.25, -0.2) is 4.79 Å². The van der Waals surface area contributed by atoms with Crippen molar-refractivity contribution in [3.8, 4) is 5.75 Å². The lowest BCUT2D eigenvalue weighted by Crippen LogP contribution is -2.23. The largest absolute Gasteiger partial charge is 0.482 e. The average Bonchev–Trinajstić information content (AvgIpc) is 2.70. The monoisotopic (exact) mass is 409 g/mol. The molecule has 0 aliphatic rings. The number of carbonyl (C=O) groups is 2. The number of rotatable bonds is 8. The number of carbonyl (C=O) groups excluding carboxylic acids is 2. The minimum Gasteiger partial charge on any atom is -0.482 e. The fraction of sp³-hybridized carbons (Fsp3) is 0.333. The zero-order valence-electron chi connectivity index (χ0n) is 16.1. The first-order valence-corrected chi connectivity index (χ1v) is 9.04. The maximum absolute atomic E-state index is 12.6. The number of ether oxygens (including phenoxy) is 2. The van der Waals surface area contributed by atoms with E-state index in [4.69, 9.17) is 9.47 Å². The molecule has 0 heterocycles. The van der Waals surface area contributed by atoms with Crippen LogP contribution in [0.1, 0.15) is 37.3 Å². The number of alkyl halides is 3. The van der Waals surface area contributed by atoms with Gasteiger partial charge in [0.2, 0.25) is 0 Å². The first-order valence-electron chi connectivity index (χ1n) is 9.04. The van der Waals surface area contributed by atoms with Crippen LogP contribution in [0.3, 0.4) is 0 Å². The van der Waals surface area contributed by atoms with Gasteiger partial charge in [-0.1, -0.05) is 32.0 Å². The number of hydrogen-bond donors (Lipinski definition) is 1. The maximum atomic E-state index is 12.6. The van der Waals surface area contributed by atoms with Crippen molar-refractivity contribution in [2.75, 3.05) is 18.5 Å². The highest BCUT2D eigenvalue weighted by molar-refractivity contribution is 5.92. The van der Waals surface area contributed by atoms with Gasteiger partial charge >= 0.3 is 12.1 Å². The molecular weight excluding hydrogens is 387 g/mol. The summed E-state index contributed by atoms with van der Waals surface area (Å²) in [5.41, 5.74) is 0.837. The van der Waals surface area contributed by atoms with E-state index in [1.54, 1.807) is 12.1 Å². The van der Waals surface area contributed by atoms with Crippen molar-refractivity contribution in [1.29, 1.82) is 0 Å². The third-order valence-corrected chi connectivity index (χ3v) is 4.26. The molecule has 0 saturated carbocycles. The fourth-order valence-corrected chi connectivity index (χ4v) is 2.42. The highest BCUT2D eigenvalue weighted by Gasteiger charge is 2.30. The van der Waals surface area contributed by atoms with Gasteiger partial charge in [0.05, 0.1) is 5.56 Å². The molecular formula is C21H22F3NO4. The summed E-state index contributed by atoms with van der Waals surface area (Å²) in [6.45, 7) is 3.05. The van der Waals surface area contributed by atoms with Gasteiger partial charge in [-0.15, -0.1) is 0 Å². The van der Waals surface area contributed by atoms with Crippen molar-refractivity contribution in [2.24, 2.45) is 0 Å². The van der Waals surface area contributed by atoms with Crippen molar-refractivity contribution in [3.05, 3.63) is 59.7 Å². The van der Waals surface area contributed by atoms with Crippen molar-refractivity contribution in [3.63, 3.8) is 0 Å². The Kier molecular flexibility index (Phi) is 7.64. The Bertz CT molecular complexity index is 835. The van der Waals surface area contributed by atoms with Crippen molar-refractivity contribution in [2.45, 2.75) is 32.4 Å². The van der Waals surface area contributed by atoms with E-state index < -0.39 is 36.8 Å². The van der Waals surface area contributed by atoms with Crippen molar-refractivity contribution in [1.82, 2.24) is 0 Å². The highest BCUT2D eigenvalue weighted by Crippen LogP contribution is 2.31. The van der Waals surface area contributed by atoms with Crippen LogP contribution >= 0.6 is 0 Å². The molecule has 2 aromatic carbocycles. The molecule has 2 rings (SSSR count). The standard InChI is InChI=1S/C21H22F3NO4/c1-3-14(2)15-7-9-17(10-8-15)25-19(26)12-29-20(27)13-28-18-6-4-5-16(11-18)21(22,23)24/h4-11,14H,3,12-13H2,1-2H3,(H,25,26)/t14-/m0/s1. The van der Waals surface area contributed by atoms with Crippen molar-refractivity contribution >= 4 is 17.6 Å². The van der Waals surface area contributed by atoms with Gasteiger partial charge in [0.1, 0.15) is 5.75 Å². The molecule has 0 radical (unpaired) electrons. The molecule has 0 aromatic heterocycles. The van der Waals surface area contributed by atoms with E-state index in [2.05, 4.69) is 19.2 Å². The molecule has 8 heteroatoms. The summed E-state index contributed by atoms with van der Waals surface area (Å²) >= 11 is 0. The second-order valence-corrected chi connectivity index (χ2v) is 6.45. The SMILES string of the molecule is CC[C@H](C)c1ccc(NC(=O)COC(=O)COc2cccc(C(F)(F)F)c2)cc1. The van der Waals surface area contributed by atoms with Crippen LogP contribution < -0.4 is 10.1 Å². The summed E-state index contributed by atoms with van der Waals surface area (Å²) in [6, 6.07) is 11.5. The molecule has 0 aliphatic carbocycles. The number of nitrogens with one attached hydrogen (secondary N) is 1. The quantitative estimate of drug-likeness (QED) is 0.638. The van der Waals surface area contributed by atoms with E-state index in [9.17, 15) is 22.8 Å². The molecule has 1 atom stereocenters. The van der Waals surface area contributed by atoms with E-state index in [1.807, 2.05) is 12.1 Å². The maximum Gasteiger partial charge on any atom is 0.416 e. The van der Waals surface area contributed by atoms with Gasteiger partial charge in [0.15, 0.2) is 13.2 Å². The predicted molar refractivity (Wildman–Crippen MR) is 102 cm³/mol. The summed E-state index contributed by atoms with van der Waals surface area (Å²) in [4.78, 5) is 23.5. The van der Waals surface area contributed by atoms with Crippen LogP contribution in [0, 0.1) is 0 Å². The number of hydrogen-bond acceptors (Lipinski definition) is 4. The van der Waals surface area contributed by atoms with Crippen LogP contribution in [-0.4, -0.2) is 25.1 Å². The van der Waals surface area contributed by atoms with Crippen LogP contribution in [0.25, 0.3) is 0 Å². The second kappa shape index (κ2) is 9.95. The Balaban J connectivity index is 1.77. The third kappa shape index (κ3) is 7.14. The van der Waals surface area contributed by atoms with Crippen molar-refractivity contribution < 1.29 is 32.2 Å². The van der Waals surface area contributed by atoms with Gasteiger partial charge in [-0.2, -0.15) is 13.2 Å². The Morgan fingerprint density at radius 3 is 2.38 bits per heavy atom. The minimum atomic E-state index is -4.51. The van der Waals surface area contributed by atoms with E-state index in [0.29, 0.717) is 11.6 Å². The van der Waals surface area contributed by atoms with E-state index in [0.717, 1.165) is 24.1 Å². The number of amides is 1. The molecule has 1 N–H and O–H groups in total. The summed E-state index contributed by atoms with van der Waals surface area (Å²) in [6.07, 6.45) is -3.50. The first kappa shape index (κ1) is 22.3. The zero-order chi connectivity index (χ0) is 21.4. The molecule has 2 aromatic rings. The smallest absolute Gasteiger partial charge is 0.416 e. The summed E-state index contributed by atoms with van der Waals surface area (Å²) in [5, 5.41) is 2.60. The number of anilines is 1. The molecule has 0 fully saturated rings. The van der Waals surface area contributed by atoms with Crippen LogP contribution in [-0.2, 0) is 20.5 Å². The zero-order valence-corrected chi connectivity index (χ0v) is 16.1. The van der Waals surface area contributed by atoms with Gasteiger partial charge in [0, 0.05) is 5.69 Å². The topological polar surface area (TPSA) is 64.6 Å². The number of benzene rings is 2. The van der Waals surface area contributed by atoms with Gasteiger partial charge < -0.3 is 14.8 Å². The molecule has 156 valence electrons. The summed E-state index contributed by atoms with van der Waals surface area (Å²) in [7, 11) is 0. The summed E-state index contributed by atoms with van der Waals surface area (Å²) < 4.78 is 47.7. The van der Waals surface area contributed by atoms with Crippen LogP contribution in [0.5, 0.6) is 5.75 Å². The lowest BCUT2D eigenvalue weighted by molar-refractivity contribution is -0.149. The highest BCUT2D eigenvalue weighted by atomic mass is 19.4. The van der Waals surface area contributed by atoms with E-state index in [-0.39, 0.29) is 5.75 Å². The molecule has 0 unspecified atom stereocenters. The lowest BCUT2D eigenvalue weighted by Gasteiger charge is -2.11. The lowest BCUT2D eigenvalue weighted by atomic mass is 9.99. The van der Waals surface area contributed by atoms with Crippen LogP contribution in [0.15, 0.2) is 48.5 Å². The number of halogens is 3. The number of esters is 1. The fourth-order valence-electron chi connectivity index (χ4n) is 2.42. The molecule has 5 nitrogen and oxygen atoms in total.